The lowest BCUT2D eigenvalue weighted by Gasteiger charge is -2.20. The molecule has 0 atom stereocenters. The van der Waals surface area contributed by atoms with Gasteiger partial charge < -0.3 is 4.57 Å². The summed E-state index contributed by atoms with van der Waals surface area (Å²) in [4.78, 5) is 12.9. The molecule has 2 aliphatic rings. The molecule has 0 fully saturated rings. The number of benzene rings is 2. The average Bonchev–Trinajstić information content (AvgIpc) is 3.11. The Morgan fingerprint density at radius 1 is 0.864 bits per heavy atom. The second kappa shape index (κ2) is 3.58. The maximum absolute atomic E-state index is 12.9. The number of carbonyl (C=O) groups excluding carboxylic acids is 1. The third-order valence-corrected chi connectivity index (χ3v) is 5.12. The van der Waals surface area contributed by atoms with Crippen LogP contribution in [0.4, 0.5) is 0 Å². The van der Waals surface area contributed by atoms with Crippen molar-refractivity contribution >= 4 is 5.78 Å². The van der Waals surface area contributed by atoms with Crippen molar-refractivity contribution in [1.82, 2.24) is 4.57 Å². The van der Waals surface area contributed by atoms with Gasteiger partial charge in [0.1, 0.15) is 0 Å². The van der Waals surface area contributed by atoms with Crippen LogP contribution in [0.5, 0.6) is 0 Å². The van der Waals surface area contributed by atoms with Crippen LogP contribution in [0.15, 0.2) is 54.7 Å². The summed E-state index contributed by atoms with van der Waals surface area (Å²) >= 11 is 0. The van der Waals surface area contributed by atoms with Gasteiger partial charge >= 0.3 is 0 Å². The number of ketones is 1. The normalized spacial score (nSPS) is 16.2. The zero-order chi connectivity index (χ0) is 15.1. The number of fused-ring (bicyclic) bond motifs is 7. The van der Waals surface area contributed by atoms with Gasteiger partial charge in [0.2, 0.25) is 0 Å². The van der Waals surface area contributed by atoms with E-state index < -0.39 is 0 Å². The molecule has 3 aromatic rings. The van der Waals surface area contributed by atoms with Gasteiger partial charge in [-0.2, -0.15) is 0 Å². The van der Waals surface area contributed by atoms with Crippen molar-refractivity contribution in [2.45, 2.75) is 19.3 Å². The Morgan fingerprint density at radius 2 is 1.55 bits per heavy atom. The Hall–Kier alpha value is -2.61. The van der Waals surface area contributed by atoms with Crippen LogP contribution in [0.1, 0.15) is 41.0 Å². The Bertz CT molecular complexity index is 975. The molecule has 0 radical (unpaired) electrons. The molecular weight excluding hydrogens is 270 g/mol. The molecule has 0 saturated heterocycles. The van der Waals surface area contributed by atoms with E-state index in [0.717, 1.165) is 27.9 Å². The largest absolute Gasteiger partial charge is 0.318 e. The molecule has 0 saturated carbocycles. The molecule has 2 aromatic carbocycles. The molecule has 1 aromatic heterocycles. The summed E-state index contributed by atoms with van der Waals surface area (Å²) < 4.78 is 2.22. The lowest BCUT2D eigenvalue weighted by molar-refractivity contribution is 0.104. The van der Waals surface area contributed by atoms with Gasteiger partial charge in [-0.25, -0.2) is 0 Å². The highest BCUT2D eigenvalue weighted by molar-refractivity contribution is 6.23. The van der Waals surface area contributed by atoms with Crippen LogP contribution in [0.3, 0.4) is 0 Å². The van der Waals surface area contributed by atoms with Crippen LogP contribution >= 0.6 is 0 Å². The summed E-state index contributed by atoms with van der Waals surface area (Å²) in [6, 6.07) is 16.4. The maximum Gasteiger partial charge on any atom is 0.196 e. The van der Waals surface area contributed by atoms with Gasteiger partial charge in [-0.15, -0.1) is 0 Å². The molecule has 2 heterocycles. The Morgan fingerprint density at radius 3 is 2.36 bits per heavy atom. The van der Waals surface area contributed by atoms with E-state index in [1.165, 1.54) is 11.3 Å². The molecular formula is C20H15NO. The van der Waals surface area contributed by atoms with Crippen LogP contribution in [0.2, 0.25) is 0 Å². The van der Waals surface area contributed by atoms with Crippen molar-refractivity contribution in [2.75, 3.05) is 0 Å². The fourth-order valence-corrected chi connectivity index (χ4v) is 4.13. The Kier molecular flexibility index (Phi) is 1.95. The number of para-hydroxylation sites is 1. The molecule has 1 aliphatic carbocycles. The predicted molar refractivity (Wildman–Crippen MR) is 86.8 cm³/mol. The number of rotatable bonds is 0. The van der Waals surface area contributed by atoms with E-state index in [1.807, 2.05) is 24.3 Å². The van der Waals surface area contributed by atoms with Crippen molar-refractivity contribution in [2.24, 2.45) is 0 Å². The highest BCUT2D eigenvalue weighted by atomic mass is 16.1. The smallest absolute Gasteiger partial charge is 0.196 e. The molecule has 106 valence electrons. The topological polar surface area (TPSA) is 22.0 Å². The van der Waals surface area contributed by atoms with Gasteiger partial charge in [0, 0.05) is 34.1 Å². The first kappa shape index (κ1) is 12.0. The molecule has 0 bridgehead atoms. The van der Waals surface area contributed by atoms with Gasteiger partial charge in [-0.1, -0.05) is 56.3 Å². The number of hydrogen-bond donors (Lipinski definition) is 0. The van der Waals surface area contributed by atoms with Gasteiger partial charge in [0.05, 0.1) is 5.56 Å². The van der Waals surface area contributed by atoms with Gasteiger partial charge in [-0.05, 0) is 17.2 Å². The molecule has 5 rings (SSSR count). The Labute approximate surface area is 129 Å². The van der Waals surface area contributed by atoms with Crippen molar-refractivity contribution < 1.29 is 4.79 Å². The molecule has 1 aliphatic heterocycles. The molecule has 0 N–H and O–H groups in total. The second-order valence-electron chi connectivity index (χ2n) is 6.65. The zero-order valence-electron chi connectivity index (χ0n) is 12.6. The van der Waals surface area contributed by atoms with Gasteiger partial charge in [-0.3, -0.25) is 4.79 Å². The van der Waals surface area contributed by atoms with E-state index in [2.05, 4.69) is 48.9 Å². The van der Waals surface area contributed by atoms with Gasteiger partial charge in [0.15, 0.2) is 5.78 Å². The highest BCUT2D eigenvalue weighted by Gasteiger charge is 2.43. The monoisotopic (exact) mass is 285 g/mol. The molecule has 2 heteroatoms. The third-order valence-electron chi connectivity index (χ3n) is 5.12. The van der Waals surface area contributed by atoms with Crippen LogP contribution in [0, 0.1) is 0 Å². The number of aromatic nitrogens is 1. The first-order valence-electron chi connectivity index (χ1n) is 7.60. The minimum absolute atomic E-state index is 0.151. The number of hydrogen-bond acceptors (Lipinski definition) is 1. The van der Waals surface area contributed by atoms with Crippen molar-refractivity contribution in [3.8, 4) is 16.8 Å². The van der Waals surface area contributed by atoms with Crippen LogP contribution in [-0.4, -0.2) is 10.4 Å². The summed E-state index contributed by atoms with van der Waals surface area (Å²) in [7, 11) is 0. The van der Waals surface area contributed by atoms with Crippen molar-refractivity contribution in [3.05, 3.63) is 77.1 Å². The minimum Gasteiger partial charge on any atom is -0.318 e. The minimum atomic E-state index is -0.151. The summed E-state index contributed by atoms with van der Waals surface area (Å²) in [6.45, 7) is 4.42. The van der Waals surface area contributed by atoms with Crippen molar-refractivity contribution in [3.63, 3.8) is 0 Å². The van der Waals surface area contributed by atoms with E-state index in [-0.39, 0.29) is 11.2 Å². The van der Waals surface area contributed by atoms with E-state index in [0.29, 0.717) is 0 Å². The third kappa shape index (κ3) is 1.16. The Balaban J connectivity index is 1.90. The quantitative estimate of drug-likeness (QED) is 0.471. The summed E-state index contributed by atoms with van der Waals surface area (Å²) in [5.41, 5.74) is 7.34. The van der Waals surface area contributed by atoms with Gasteiger partial charge in [0.25, 0.3) is 0 Å². The zero-order valence-corrected chi connectivity index (χ0v) is 12.6. The maximum atomic E-state index is 12.9. The van der Waals surface area contributed by atoms with E-state index in [4.69, 9.17) is 0 Å². The van der Waals surface area contributed by atoms with Crippen LogP contribution in [0.25, 0.3) is 16.8 Å². The lowest BCUT2D eigenvalue weighted by atomic mass is 9.81. The second-order valence-corrected chi connectivity index (χ2v) is 6.65. The van der Waals surface area contributed by atoms with Crippen molar-refractivity contribution in [1.29, 1.82) is 0 Å². The van der Waals surface area contributed by atoms with Crippen LogP contribution in [-0.2, 0) is 5.41 Å². The fraction of sp³-hybridized carbons (Fsp3) is 0.150. The van der Waals surface area contributed by atoms with E-state index >= 15 is 0 Å². The fourth-order valence-electron chi connectivity index (χ4n) is 4.13. The summed E-state index contributed by atoms with van der Waals surface area (Å²) in [6.07, 6.45) is 2.14. The summed E-state index contributed by atoms with van der Waals surface area (Å²) in [5, 5.41) is 0. The standard InChI is InChI=1S/C20H15NO/c1-20(2)15-9-5-6-10-16(15)21-11-14-12-7-3-4-8-13(12)18(22)17(14)19(20)21/h3-11H,1-2H3. The SMILES string of the molecule is CC1(C)c2ccccc2-n2cc3c(c21)C(=O)c1ccccc1-3. The van der Waals surface area contributed by atoms with E-state index in [9.17, 15) is 4.79 Å². The highest BCUT2D eigenvalue weighted by Crippen LogP contribution is 2.50. The van der Waals surface area contributed by atoms with Crippen LogP contribution < -0.4 is 0 Å². The molecule has 2 nitrogen and oxygen atoms in total. The predicted octanol–water partition coefficient (Wildman–Crippen LogP) is 4.33. The molecule has 0 spiro atoms. The summed E-state index contributed by atoms with van der Waals surface area (Å²) in [5.74, 6) is 0.167. The first-order chi connectivity index (χ1) is 10.6. The molecule has 0 amide bonds. The number of carbonyl (C=O) groups is 1. The molecule has 0 unspecified atom stereocenters. The van der Waals surface area contributed by atoms with E-state index in [1.54, 1.807) is 0 Å². The number of nitrogens with zero attached hydrogens (tertiary/aromatic N) is 1. The average molecular weight is 285 g/mol. The first-order valence-corrected chi connectivity index (χ1v) is 7.60. The molecule has 22 heavy (non-hydrogen) atoms. The lowest BCUT2D eigenvalue weighted by Crippen LogP contribution is -2.18.